The lowest BCUT2D eigenvalue weighted by Gasteiger charge is -2.28. The largest absolute Gasteiger partial charge is 0.466 e. The van der Waals surface area contributed by atoms with Crippen molar-refractivity contribution in [2.75, 3.05) is 13.1 Å². The van der Waals surface area contributed by atoms with E-state index >= 15 is 0 Å². The highest BCUT2D eigenvalue weighted by Crippen LogP contribution is 2.28. The van der Waals surface area contributed by atoms with Crippen LogP contribution in [0.5, 0.6) is 0 Å². The molecule has 18 heavy (non-hydrogen) atoms. The molecule has 102 valence electrons. The molecule has 0 aromatic carbocycles. The van der Waals surface area contributed by atoms with Crippen LogP contribution in [-0.4, -0.2) is 18.2 Å². The molecule has 1 aromatic heterocycles. The zero-order valence-corrected chi connectivity index (χ0v) is 11.5. The second-order valence-corrected chi connectivity index (χ2v) is 6.02. The zero-order chi connectivity index (χ0) is 13.0. The predicted molar refractivity (Wildman–Crippen MR) is 72.3 cm³/mol. The minimum atomic E-state index is -0.913. The van der Waals surface area contributed by atoms with Gasteiger partial charge >= 0.3 is 0 Å². The summed E-state index contributed by atoms with van der Waals surface area (Å²) in [7, 11) is 0. The molecule has 1 aromatic rings. The van der Waals surface area contributed by atoms with Gasteiger partial charge in [-0.05, 0) is 50.3 Å². The molecule has 0 bridgehead atoms. The molecule has 1 fully saturated rings. The summed E-state index contributed by atoms with van der Waals surface area (Å²) >= 11 is 0. The Bertz CT molecular complexity index is 345. The molecular weight excluding hydrogens is 226 g/mol. The molecule has 2 rings (SSSR count). The van der Waals surface area contributed by atoms with Crippen molar-refractivity contribution in [2.45, 2.75) is 45.1 Å². The first kappa shape index (κ1) is 13.6. The third kappa shape index (κ3) is 3.59. The SMILES string of the molecule is CC1CCCC(CNCC(C)(O)c2ccco2)C1. The predicted octanol–water partition coefficient (Wildman–Crippen LogP) is 2.90. The molecule has 1 aliphatic rings. The number of hydrogen-bond acceptors (Lipinski definition) is 3. The first-order chi connectivity index (χ1) is 8.58. The highest BCUT2D eigenvalue weighted by molar-refractivity contribution is 5.08. The molecule has 1 saturated carbocycles. The normalized spacial score (nSPS) is 27.9. The van der Waals surface area contributed by atoms with E-state index in [9.17, 15) is 5.11 Å². The van der Waals surface area contributed by atoms with Crippen molar-refractivity contribution < 1.29 is 9.52 Å². The Hall–Kier alpha value is -0.800. The fourth-order valence-electron chi connectivity index (χ4n) is 2.94. The van der Waals surface area contributed by atoms with Gasteiger partial charge in [-0.1, -0.05) is 19.8 Å². The van der Waals surface area contributed by atoms with Crippen LogP contribution < -0.4 is 5.32 Å². The summed E-state index contributed by atoms with van der Waals surface area (Å²) in [5.74, 6) is 2.25. The van der Waals surface area contributed by atoms with Crippen LogP contribution in [0.2, 0.25) is 0 Å². The highest BCUT2D eigenvalue weighted by atomic mass is 16.4. The monoisotopic (exact) mass is 251 g/mol. The molecule has 0 saturated heterocycles. The Morgan fingerprint density at radius 2 is 2.33 bits per heavy atom. The molecule has 3 heteroatoms. The van der Waals surface area contributed by atoms with Gasteiger partial charge in [-0.2, -0.15) is 0 Å². The van der Waals surface area contributed by atoms with Crippen LogP contribution in [0.3, 0.4) is 0 Å². The van der Waals surface area contributed by atoms with Crippen LogP contribution in [0.25, 0.3) is 0 Å². The third-order valence-corrected chi connectivity index (χ3v) is 4.00. The molecule has 3 atom stereocenters. The zero-order valence-electron chi connectivity index (χ0n) is 11.5. The summed E-state index contributed by atoms with van der Waals surface area (Å²) in [6, 6.07) is 3.64. The summed E-state index contributed by atoms with van der Waals surface area (Å²) < 4.78 is 5.27. The van der Waals surface area contributed by atoms with Gasteiger partial charge in [0, 0.05) is 6.54 Å². The maximum Gasteiger partial charge on any atom is 0.136 e. The fraction of sp³-hybridized carbons (Fsp3) is 0.733. The quantitative estimate of drug-likeness (QED) is 0.846. The molecule has 3 unspecified atom stereocenters. The van der Waals surface area contributed by atoms with Crippen molar-refractivity contribution >= 4 is 0 Å². The molecule has 0 spiro atoms. The van der Waals surface area contributed by atoms with Gasteiger partial charge in [0.2, 0.25) is 0 Å². The minimum absolute atomic E-state index is 0.547. The molecule has 0 amide bonds. The van der Waals surface area contributed by atoms with Crippen molar-refractivity contribution in [3.05, 3.63) is 24.2 Å². The summed E-state index contributed by atoms with van der Waals surface area (Å²) in [4.78, 5) is 0. The van der Waals surface area contributed by atoms with Crippen molar-refractivity contribution in [3.63, 3.8) is 0 Å². The second kappa shape index (κ2) is 5.89. The molecule has 2 N–H and O–H groups in total. The molecule has 1 heterocycles. The van der Waals surface area contributed by atoms with E-state index in [-0.39, 0.29) is 0 Å². The van der Waals surface area contributed by atoms with Crippen molar-refractivity contribution in [2.24, 2.45) is 11.8 Å². The van der Waals surface area contributed by atoms with Gasteiger partial charge in [0.1, 0.15) is 11.4 Å². The van der Waals surface area contributed by atoms with E-state index < -0.39 is 5.60 Å². The second-order valence-electron chi connectivity index (χ2n) is 6.02. The average Bonchev–Trinajstić information content (AvgIpc) is 2.83. The number of aliphatic hydroxyl groups is 1. The first-order valence-corrected chi connectivity index (χ1v) is 7.05. The Morgan fingerprint density at radius 3 is 3.00 bits per heavy atom. The summed E-state index contributed by atoms with van der Waals surface area (Å²) in [6.45, 7) is 5.68. The lowest BCUT2D eigenvalue weighted by atomic mass is 9.82. The molecule has 1 aliphatic carbocycles. The van der Waals surface area contributed by atoms with Gasteiger partial charge in [-0.15, -0.1) is 0 Å². The van der Waals surface area contributed by atoms with Gasteiger partial charge in [-0.3, -0.25) is 0 Å². The van der Waals surface area contributed by atoms with E-state index in [0.717, 1.165) is 18.4 Å². The van der Waals surface area contributed by atoms with Gasteiger partial charge in [0.25, 0.3) is 0 Å². The topological polar surface area (TPSA) is 45.4 Å². The first-order valence-electron chi connectivity index (χ1n) is 7.05. The Balaban J connectivity index is 1.74. The minimum Gasteiger partial charge on any atom is -0.466 e. The van der Waals surface area contributed by atoms with Gasteiger partial charge in [-0.25, -0.2) is 0 Å². The van der Waals surface area contributed by atoms with E-state index in [1.54, 1.807) is 13.2 Å². The molecular formula is C15H25NO2. The molecule has 0 radical (unpaired) electrons. The van der Waals surface area contributed by atoms with Crippen LogP contribution in [0, 0.1) is 11.8 Å². The van der Waals surface area contributed by atoms with Crippen LogP contribution in [-0.2, 0) is 5.60 Å². The Morgan fingerprint density at radius 1 is 1.50 bits per heavy atom. The van der Waals surface area contributed by atoms with Crippen LogP contribution in [0.1, 0.15) is 45.3 Å². The van der Waals surface area contributed by atoms with E-state index in [1.807, 2.05) is 12.1 Å². The van der Waals surface area contributed by atoms with Crippen molar-refractivity contribution in [3.8, 4) is 0 Å². The number of hydrogen-bond donors (Lipinski definition) is 2. The van der Waals surface area contributed by atoms with Gasteiger partial charge in [0.15, 0.2) is 0 Å². The van der Waals surface area contributed by atoms with Gasteiger partial charge in [0.05, 0.1) is 6.26 Å². The smallest absolute Gasteiger partial charge is 0.136 e. The number of rotatable bonds is 5. The van der Waals surface area contributed by atoms with E-state index in [2.05, 4.69) is 12.2 Å². The maximum absolute atomic E-state index is 10.3. The number of nitrogens with one attached hydrogen (secondary N) is 1. The van der Waals surface area contributed by atoms with Gasteiger partial charge < -0.3 is 14.8 Å². The van der Waals surface area contributed by atoms with Crippen LogP contribution >= 0.6 is 0 Å². The Kier molecular flexibility index (Phi) is 4.46. The van der Waals surface area contributed by atoms with E-state index in [4.69, 9.17) is 4.42 Å². The third-order valence-electron chi connectivity index (χ3n) is 4.00. The lowest BCUT2D eigenvalue weighted by molar-refractivity contribution is 0.0329. The average molecular weight is 251 g/mol. The lowest BCUT2D eigenvalue weighted by Crippen LogP contribution is -2.38. The van der Waals surface area contributed by atoms with Crippen molar-refractivity contribution in [1.29, 1.82) is 0 Å². The standard InChI is InChI=1S/C15H25NO2/c1-12-5-3-6-13(9-12)10-16-11-15(2,17)14-7-4-8-18-14/h4,7-8,12-13,16-17H,3,5-6,9-11H2,1-2H3. The Labute approximate surface area is 110 Å². The summed E-state index contributed by atoms with van der Waals surface area (Å²) in [5, 5.41) is 13.7. The molecule has 3 nitrogen and oxygen atoms in total. The van der Waals surface area contributed by atoms with Crippen LogP contribution in [0.4, 0.5) is 0 Å². The molecule has 0 aliphatic heterocycles. The summed E-state index contributed by atoms with van der Waals surface area (Å²) in [6.07, 6.45) is 6.96. The van der Waals surface area contributed by atoms with Crippen molar-refractivity contribution in [1.82, 2.24) is 5.32 Å². The summed E-state index contributed by atoms with van der Waals surface area (Å²) in [5.41, 5.74) is -0.913. The highest BCUT2D eigenvalue weighted by Gasteiger charge is 2.26. The fourth-order valence-corrected chi connectivity index (χ4v) is 2.94. The van der Waals surface area contributed by atoms with E-state index in [0.29, 0.717) is 12.3 Å². The van der Waals surface area contributed by atoms with E-state index in [1.165, 1.54) is 25.7 Å². The number of furan rings is 1. The van der Waals surface area contributed by atoms with Crippen LogP contribution in [0.15, 0.2) is 22.8 Å². The maximum atomic E-state index is 10.3.